The number of hydrogen-bond donors (Lipinski definition) is 3. The average Bonchev–Trinajstić information content (AvgIpc) is 3.12. The van der Waals surface area contributed by atoms with Crippen LogP contribution in [0.5, 0.6) is 0 Å². The summed E-state index contributed by atoms with van der Waals surface area (Å²) in [5.74, 6) is 0.154. The molecule has 3 N–H and O–H groups in total. The zero-order valence-electron chi connectivity index (χ0n) is 19.4. The van der Waals surface area contributed by atoms with Crippen molar-refractivity contribution in [1.82, 2.24) is 9.97 Å². The van der Waals surface area contributed by atoms with Crippen LogP contribution < -0.4 is 5.32 Å². The Balaban J connectivity index is 0.000000287. The maximum Gasteiger partial charge on any atom is 0.336 e. The first-order chi connectivity index (χ1) is 14.7. The lowest BCUT2D eigenvalue weighted by Crippen LogP contribution is -2.14. The molecule has 2 aromatic carbocycles. The summed E-state index contributed by atoms with van der Waals surface area (Å²) in [5, 5.41) is 12.4. The van der Waals surface area contributed by atoms with Crippen LogP contribution in [0.1, 0.15) is 87.2 Å². The number of carboxylic acids is 1. The molecule has 4 rings (SSSR count). The van der Waals surface area contributed by atoms with Crippen molar-refractivity contribution < 1.29 is 9.90 Å². The van der Waals surface area contributed by atoms with Gasteiger partial charge in [0.15, 0.2) is 0 Å². The average molecular weight is 422 g/mol. The maximum atomic E-state index is 11.2. The van der Waals surface area contributed by atoms with Crippen molar-refractivity contribution in [2.24, 2.45) is 5.41 Å². The van der Waals surface area contributed by atoms with E-state index in [0.29, 0.717) is 28.4 Å². The van der Waals surface area contributed by atoms with Crippen LogP contribution in [0, 0.1) is 12.3 Å². The number of imidazole rings is 1. The molecule has 5 heteroatoms. The molecular formula is C26H35N3O2. The summed E-state index contributed by atoms with van der Waals surface area (Å²) < 4.78 is 0. The summed E-state index contributed by atoms with van der Waals surface area (Å²) in [6.07, 6.45) is 7.31. The Hall–Kier alpha value is -2.82. The third-order valence-corrected chi connectivity index (χ3v) is 6.19. The number of H-pyrrole nitrogens is 1. The van der Waals surface area contributed by atoms with Crippen molar-refractivity contribution >= 4 is 28.6 Å². The Labute approximate surface area is 185 Å². The standard InChI is InChI=1S/C18H19N3O2.C8H16/c1-10(2)12-4-6-13(7-5-12)19-18-20-15-9-8-14(17(22)23)11(3)16(15)21-18;1-8(2)6-4-3-5-7-8/h4-10H,1-3H3,(H,22,23)(H2,19,20,21);3-7H2,1-2H3. The fourth-order valence-electron chi connectivity index (χ4n) is 4.10. The number of fused-ring (bicyclic) bond motifs is 1. The molecular weight excluding hydrogens is 386 g/mol. The van der Waals surface area contributed by atoms with E-state index in [1.807, 2.05) is 12.1 Å². The first-order valence-electron chi connectivity index (χ1n) is 11.3. The summed E-state index contributed by atoms with van der Waals surface area (Å²) in [6.45, 7) is 10.8. The van der Waals surface area contributed by atoms with Gasteiger partial charge in [0.2, 0.25) is 5.95 Å². The summed E-state index contributed by atoms with van der Waals surface area (Å²) in [4.78, 5) is 18.8. The number of carboxylic acid groups (broad SMARTS) is 1. The molecule has 1 aliphatic rings. The molecule has 1 aliphatic carbocycles. The number of aromatic amines is 1. The predicted molar refractivity (Wildman–Crippen MR) is 128 cm³/mol. The molecule has 0 saturated heterocycles. The van der Waals surface area contributed by atoms with Crippen molar-refractivity contribution in [3.63, 3.8) is 0 Å². The van der Waals surface area contributed by atoms with E-state index >= 15 is 0 Å². The highest BCUT2D eigenvalue weighted by atomic mass is 16.4. The van der Waals surface area contributed by atoms with E-state index in [2.05, 4.69) is 55.1 Å². The molecule has 0 spiro atoms. The second-order valence-electron chi connectivity index (χ2n) is 9.65. The predicted octanol–water partition coefficient (Wildman–Crippen LogP) is 7.41. The van der Waals surface area contributed by atoms with Gasteiger partial charge in [-0.05, 0) is 66.5 Å². The summed E-state index contributed by atoms with van der Waals surface area (Å²) >= 11 is 0. The SMILES string of the molecule is CC1(C)CCCCC1.Cc1c(C(=O)O)ccc2[nH]c(Nc3ccc(C(C)C)cc3)nc12. The van der Waals surface area contributed by atoms with E-state index in [1.54, 1.807) is 19.1 Å². The highest BCUT2D eigenvalue weighted by Gasteiger charge is 2.20. The van der Waals surface area contributed by atoms with Crippen molar-refractivity contribution in [3.8, 4) is 0 Å². The summed E-state index contributed by atoms with van der Waals surface area (Å²) in [7, 11) is 0. The topological polar surface area (TPSA) is 78.0 Å². The van der Waals surface area contributed by atoms with Crippen molar-refractivity contribution in [3.05, 3.63) is 53.1 Å². The van der Waals surface area contributed by atoms with Crippen LogP contribution in [0.3, 0.4) is 0 Å². The number of aryl methyl sites for hydroxylation is 1. The van der Waals surface area contributed by atoms with E-state index in [-0.39, 0.29) is 5.56 Å². The van der Waals surface area contributed by atoms with Crippen molar-refractivity contribution in [1.29, 1.82) is 0 Å². The normalized spacial score (nSPS) is 15.4. The number of hydrogen-bond acceptors (Lipinski definition) is 3. The Morgan fingerprint density at radius 1 is 1.06 bits per heavy atom. The van der Waals surface area contributed by atoms with Crippen LogP contribution >= 0.6 is 0 Å². The Morgan fingerprint density at radius 2 is 1.71 bits per heavy atom. The van der Waals surface area contributed by atoms with Crippen LogP contribution in [0.4, 0.5) is 11.6 Å². The molecule has 1 heterocycles. The van der Waals surface area contributed by atoms with E-state index < -0.39 is 5.97 Å². The van der Waals surface area contributed by atoms with Gasteiger partial charge >= 0.3 is 5.97 Å². The van der Waals surface area contributed by atoms with Gasteiger partial charge in [-0.1, -0.05) is 59.1 Å². The molecule has 0 amide bonds. The quantitative estimate of drug-likeness (QED) is 0.410. The molecule has 0 bridgehead atoms. The molecule has 0 unspecified atom stereocenters. The van der Waals surface area contributed by atoms with Crippen LogP contribution in [-0.4, -0.2) is 21.0 Å². The second-order valence-corrected chi connectivity index (χ2v) is 9.65. The molecule has 3 aromatic rings. The molecule has 1 fully saturated rings. The first-order valence-corrected chi connectivity index (χ1v) is 11.3. The molecule has 0 atom stereocenters. The smallest absolute Gasteiger partial charge is 0.336 e. The van der Waals surface area contributed by atoms with Crippen LogP contribution in [0.2, 0.25) is 0 Å². The molecule has 5 nitrogen and oxygen atoms in total. The van der Waals surface area contributed by atoms with Gasteiger partial charge in [-0.2, -0.15) is 0 Å². The van der Waals surface area contributed by atoms with Crippen LogP contribution in [0.15, 0.2) is 36.4 Å². The minimum absolute atomic E-state index is 0.275. The third-order valence-electron chi connectivity index (χ3n) is 6.19. The lowest BCUT2D eigenvalue weighted by molar-refractivity contribution is 0.0696. The van der Waals surface area contributed by atoms with Gasteiger partial charge in [0.25, 0.3) is 0 Å². The number of anilines is 2. The fraction of sp³-hybridized carbons (Fsp3) is 0.462. The molecule has 1 aromatic heterocycles. The molecule has 0 radical (unpaired) electrons. The van der Waals surface area contributed by atoms with Crippen LogP contribution in [-0.2, 0) is 0 Å². The van der Waals surface area contributed by atoms with E-state index in [0.717, 1.165) is 11.2 Å². The van der Waals surface area contributed by atoms with Gasteiger partial charge in [0.1, 0.15) is 0 Å². The number of aromatic nitrogens is 2. The van der Waals surface area contributed by atoms with Gasteiger partial charge in [-0.25, -0.2) is 9.78 Å². The Bertz CT molecular complexity index is 1020. The van der Waals surface area contributed by atoms with E-state index in [4.69, 9.17) is 0 Å². The van der Waals surface area contributed by atoms with Crippen molar-refractivity contribution in [2.45, 2.75) is 72.6 Å². The van der Waals surface area contributed by atoms with Crippen molar-refractivity contribution in [2.75, 3.05) is 5.32 Å². The first kappa shape index (κ1) is 22.9. The van der Waals surface area contributed by atoms with Gasteiger partial charge in [-0.3, -0.25) is 0 Å². The van der Waals surface area contributed by atoms with Gasteiger partial charge in [0.05, 0.1) is 16.6 Å². The monoisotopic (exact) mass is 421 g/mol. The largest absolute Gasteiger partial charge is 0.478 e. The minimum Gasteiger partial charge on any atom is -0.478 e. The zero-order valence-corrected chi connectivity index (χ0v) is 19.4. The van der Waals surface area contributed by atoms with E-state index in [1.165, 1.54) is 37.7 Å². The van der Waals surface area contributed by atoms with Gasteiger partial charge in [-0.15, -0.1) is 0 Å². The highest BCUT2D eigenvalue weighted by molar-refractivity contribution is 5.96. The highest BCUT2D eigenvalue weighted by Crippen LogP contribution is 2.34. The Kier molecular flexibility index (Phi) is 7.04. The number of rotatable bonds is 4. The minimum atomic E-state index is -0.939. The molecule has 166 valence electrons. The van der Waals surface area contributed by atoms with Gasteiger partial charge < -0.3 is 15.4 Å². The van der Waals surface area contributed by atoms with Crippen LogP contribution in [0.25, 0.3) is 11.0 Å². The number of nitrogens with zero attached hydrogens (tertiary/aromatic N) is 1. The number of aromatic carboxylic acids is 1. The van der Waals surface area contributed by atoms with Gasteiger partial charge in [0, 0.05) is 5.69 Å². The summed E-state index contributed by atoms with van der Waals surface area (Å²) in [6, 6.07) is 11.5. The lowest BCUT2D eigenvalue weighted by Gasteiger charge is -2.28. The lowest BCUT2D eigenvalue weighted by atomic mass is 9.78. The third kappa shape index (κ3) is 5.87. The fourth-order valence-corrected chi connectivity index (χ4v) is 4.10. The Morgan fingerprint density at radius 3 is 2.23 bits per heavy atom. The number of benzene rings is 2. The number of carbonyl (C=O) groups is 1. The second kappa shape index (κ2) is 9.54. The maximum absolute atomic E-state index is 11.2. The molecule has 0 aliphatic heterocycles. The molecule has 31 heavy (non-hydrogen) atoms. The van der Waals surface area contributed by atoms with E-state index in [9.17, 15) is 9.90 Å². The molecule has 1 saturated carbocycles. The zero-order chi connectivity index (χ0) is 22.6. The number of nitrogens with one attached hydrogen (secondary N) is 2. The summed E-state index contributed by atoms with van der Waals surface area (Å²) in [5.41, 5.74) is 5.32.